The van der Waals surface area contributed by atoms with Crippen molar-refractivity contribution in [2.45, 2.75) is 11.8 Å². The van der Waals surface area contributed by atoms with Gasteiger partial charge >= 0.3 is 0 Å². The molecule has 10 heavy (non-hydrogen) atoms. The summed E-state index contributed by atoms with van der Waals surface area (Å²) in [5.74, 6) is 1.67. The van der Waals surface area contributed by atoms with E-state index in [-0.39, 0.29) is 0 Å². The summed E-state index contributed by atoms with van der Waals surface area (Å²) in [6.07, 6.45) is 3.63. The Kier molecular flexibility index (Phi) is 1.31. The third-order valence-electron chi connectivity index (χ3n) is 1.46. The lowest BCUT2D eigenvalue weighted by Crippen LogP contribution is -1.83. The smallest absolute Gasteiger partial charge is 0.152 e. The van der Waals surface area contributed by atoms with Crippen LogP contribution in [0.25, 0.3) is 0 Å². The fraction of sp³-hybridized carbons (Fsp3) is 0.286. The van der Waals surface area contributed by atoms with Crippen LogP contribution in [0.5, 0.6) is 5.75 Å². The summed E-state index contributed by atoms with van der Waals surface area (Å²) in [4.78, 5) is 5.26. The monoisotopic (exact) mass is 153 g/mol. The molecule has 2 heterocycles. The van der Waals surface area contributed by atoms with Crippen molar-refractivity contribution in [2.24, 2.45) is 0 Å². The molecule has 0 unspecified atom stereocenters. The number of hydrogen-bond acceptors (Lipinski definition) is 3. The van der Waals surface area contributed by atoms with Crippen LogP contribution in [0.2, 0.25) is 0 Å². The molecule has 2 rings (SSSR count). The zero-order valence-electron chi connectivity index (χ0n) is 5.63. The quantitative estimate of drug-likeness (QED) is 0.567. The number of nitrogens with zero attached hydrogens (tertiary/aromatic N) is 1. The molecule has 0 aromatic carbocycles. The fourth-order valence-electron chi connectivity index (χ4n) is 0.968. The van der Waals surface area contributed by atoms with Crippen molar-refractivity contribution in [3.8, 4) is 5.75 Å². The predicted molar refractivity (Wildman–Crippen MR) is 40.3 cm³/mol. The molecule has 0 bridgehead atoms. The molecule has 0 N–H and O–H groups in total. The molecule has 0 saturated carbocycles. The molecule has 0 amide bonds. The molecule has 1 aliphatic rings. The zero-order valence-corrected chi connectivity index (χ0v) is 6.44. The third-order valence-corrected chi connectivity index (χ3v) is 2.51. The van der Waals surface area contributed by atoms with Crippen molar-refractivity contribution < 1.29 is 4.74 Å². The van der Waals surface area contributed by atoms with E-state index in [9.17, 15) is 0 Å². The van der Waals surface area contributed by atoms with Gasteiger partial charge in [-0.25, -0.2) is 0 Å². The lowest BCUT2D eigenvalue weighted by molar-refractivity contribution is 0.395. The van der Waals surface area contributed by atoms with E-state index in [1.807, 2.05) is 13.1 Å². The molecule has 0 fully saturated rings. The van der Waals surface area contributed by atoms with Crippen LogP contribution in [0.4, 0.5) is 0 Å². The standard InChI is InChI=1S/C7H7NOS/c1-5-2-8-3-6-7(5)10-4-9-6/h2-3H,4H2,1H3. The van der Waals surface area contributed by atoms with Crippen LogP contribution >= 0.6 is 11.8 Å². The van der Waals surface area contributed by atoms with Crippen molar-refractivity contribution >= 4 is 11.8 Å². The summed E-state index contributed by atoms with van der Waals surface area (Å²) < 4.78 is 5.28. The van der Waals surface area contributed by atoms with Gasteiger partial charge in [0.05, 0.1) is 11.1 Å². The predicted octanol–water partition coefficient (Wildman–Crippen LogP) is 1.83. The zero-order chi connectivity index (χ0) is 6.97. The van der Waals surface area contributed by atoms with Gasteiger partial charge in [0.15, 0.2) is 5.75 Å². The van der Waals surface area contributed by atoms with E-state index in [4.69, 9.17) is 4.74 Å². The first-order valence-corrected chi connectivity index (χ1v) is 4.06. The van der Waals surface area contributed by atoms with Crippen LogP contribution in [0.15, 0.2) is 17.3 Å². The molecule has 52 valence electrons. The SMILES string of the molecule is Cc1cncc2c1SCO2. The lowest BCUT2D eigenvalue weighted by Gasteiger charge is -1.97. The van der Waals surface area contributed by atoms with Crippen molar-refractivity contribution in [1.82, 2.24) is 4.98 Å². The molecule has 1 aromatic heterocycles. The van der Waals surface area contributed by atoms with Gasteiger partial charge in [0.2, 0.25) is 0 Å². The number of hydrogen-bond donors (Lipinski definition) is 0. The maximum Gasteiger partial charge on any atom is 0.152 e. The molecule has 0 radical (unpaired) electrons. The van der Waals surface area contributed by atoms with Crippen LogP contribution in [-0.2, 0) is 0 Å². The van der Waals surface area contributed by atoms with Gasteiger partial charge in [0.1, 0.15) is 5.94 Å². The summed E-state index contributed by atoms with van der Waals surface area (Å²) in [5.41, 5.74) is 1.21. The van der Waals surface area contributed by atoms with E-state index in [1.54, 1.807) is 18.0 Å². The Morgan fingerprint density at radius 2 is 2.50 bits per heavy atom. The van der Waals surface area contributed by atoms with Gasteiger partial charge in [-0.15, -0.1) is 0 Å². The molecule has 0 spiro atoms. The van der Waals surface area contributed by atoms with Crippen molar-refractivity contribution in [1.29, 1.82) is 0 Å². The van der Waals surface area contributed by atoms with E-state index in [0.29, 0.717) is 0 Å². The highest BCUT2D eigenvalue weighted by Crippen LogP contribution is 2.37. The molecule has 0 aliphatic carbocycles. The van der Waals surface area contributed by atoms with Gasteiger partial charge in [-0.1, -0.05) is 11.8 Å². The van der Waals surface area contributed by atoms with E-state index < -0.39 is 0 Å². The van der Waals surface area contributed by atoms with Crippen LogP contribution in [0.3, 0.4) is 0 Å². The second-order valence-corrected chi connectivity index (χ2v) is 3.12. The Hall–Kier alpha value is -0.700. The molecule has 1 aliphatic heterocycles. The highest BCUT2D eigenvalue weighted by Gasteiger charge is 2.13. The largest absolute Gasteiger partial charge is 0.480 e. The molecule has 0 saturated heterocycles. The number of aryl methyl sites for hydroxylation is 1. The Labute approximate surface area is 63.6 Å². The highest BCUT2D eigenvalue weighted by atomic mass is 32.2. The molecular weight excluding hydrogens is 146 g/mol. The number of thioether (sulfide) groups is 1. The van der Waals surface area contributed by atoms with Crippen LogP contribution in [0, 0.1) is 6.92 Å². The summed E-state index contributed by atoms with van der Waals surface area (Å²) in [5, 5.41) is 0. The molecule has 0 atom stereocenters. The first kappa shape index (κ1) is 6.04. The molecule has 3 heteroatoms. The van der Waals surface area contributed by atoms with Crippen LogP contribution in [0.1, 0.15) is 5.56 Å². The molecule has 1 aromatic rings. The number of rotatable bonds is 0. The number of fused-ring (bicyclic) bond motifs is 1. The average Bonchev–Trinajstić information content (AvgIpc) is 2.36. The maximum absolute atomic E-state index is 5.28. The minimum absolute atomic E-state index is 0.738. The third kappa shape index (κ3) is 0.778. The van der Waals surface area contributed by atoms with Crippen LogP contribution in [-0.4, -0.2) is 10.9 Å². The minimum atomic E-state index is 0.738. The Morgan fingerprint density at radius 1 is 1.60 bits per heavy atom. The van der Waals surface area contributed by atoms with Gasteiger partial charge in [0, 0.05) is 6.20 Å². The summed E-state index contributed by atoms with van der Waals surface area (Å²) in [7, 11) is 0. The van der Waals surface area contributed by atoms with Crippen molar-refractivity contribution in [2.75, 3.05) is 5.94 Å². The summed E-state index contributed by atoms with van der Waals surface area (Å²) in [6.45, 7) is 2.05. The minimum Gasteiger partial charge on any atom is -0.480 e. The van der Waals surface area contributed by atoms with Crippen molar-refractivity contribution in [3.63, 3.8) is 0 Å². The first-order valence-electron chi connectivity index (χ1n) is 3.08. The average molecular weight is 153 g/mol. The van der Waals surface area contributed by atoms with Crippen molar-refractivity contribution in [3.05, 3.63) is 18.0 Å². The van der Waals surface area contributed by atoms with Gasteiger partial charge < -0.3 is 4.74 Å². The van der Waals surface area contributed by atoms with Crippen LogP contribution < -0.4 is 4.74 Å². The normalized spacial score (nSPS) is 14.5. The molecular formula is C7H7NOS. The fourth-order valence-corrected chi connectivity index (χ4v) is 1.81. The second kappa shape index (κ2) is 2.16. The van der Waals surface area contributed by atoms with Gasteiger partial charge in [0.25, 0.3) is 0 Å². The van der Waals surface area contributed by atoms with Gasteiger partial charge in [-0.2, -0.15) is 0 Å². The second-order valence-electron chi connectivity index (χ2n) is 2.19. The van der Waals surface area contributed by atoms with E-state index in [0.717, 1.165) is 11.7 Å². The first-order chi connectivity index (χ1) is 4.88. The van der Waals surface area contributed by atoms with E-state index in [1.165, 1.54) is 10.5 Å². The van der Waals surface area contributed by atoms with E-state index >= 15 is 0 Å². The Morgan fingerprint density at radius 3 is 3.30 bits per heavy atom. The molecule has 2 nitrogen and oxygen atoms in total. The Balaban J connectivity index is 2.59. The number of ether oxygens (including phenoxy) is 1. The summed E-state index contributed by atoms with van der Waals surface area (Å²) in [6, 6.07) is 0. The highest BCUT2D eigenvalue weighted by molar-refractivity contribution is 7.99. The number of pyridine rings is 1. The van der Waals surface area contributed by atoms with Gasteiger partial charge in [-0.3, -0.25) is 4.98 Å². The Bertz CT molecular complexity index is 262. The topological polar surface area (TPSA) is 22.1 Å². The maximum atomic E-state index is 5.28. The number of aromatic nitrogens is 1. The summed E-state index contributed by atoms with van der Waals surface area (Å²) >= 11 is 1.73. The van der Waals surface area contributed by atoms with E-state index in [2.05, 4.69) is 4.98 Å². The lowest BCUT2D eigenvalue weighted by atomic mass is 10.3. The van der Waals surface area contributed by atoms with Gasteiger partial charge in [-0.05, 0) is 12.5 Å².